The smallest absolute Gasteiger partial charge is 0.158 e. The first kappa shape index (κ1) is 13.0. The van der Waals surface area contributed by atoms with Crippen LogP contribution < -0.4 is 16.6 Å². The second kappa shape index (κ2) is 5.97. The minimum atomic E-state index is 0.377. The van der Waals surface area contributed by atoms with E-state index >= 15 is 0 Å². The lowest BCUT2D eigenvalue weighted by molar-refractivity contribution is 0.178. The van der Waals surface area contributed by atoms with Crippen LogP contribution in [0.1, 0.15) is 32.0 Å². The van der Waals surface area contributed by atoms with Gasteiger partial charge in [-0.05, 0) is 25.7 Å². The lowest BCUT2D eigenvalue weighted by Gasteiger charge is -2.32. The van der Waals surface area contributed by atoms with E-state index in [0.29, 0.717) is 24.3 Å². The van der Waals surface area contributed by atoms with Gasteiger partial charge in [-0.3, -0.25) is 0 Å². The van der Waals surface area contributed by atoms with Crippen LogP contribution in [-0.4, -0.2) is 23.1 Å². The van der Waals surface area contributed by atoms with Crippen molar-refractivity contribution in [2.75, 3.05) is 17.9 Å². The molecule has 1 unspecified atom stereocenters. The maximum Gasteiger partial charge on any atom is 0.158 e. The van der Waals surface area contributed by atoms with Gasteiger partial charge in [-0.2, -0.15) is 0 Å². The summed E-state index contributed by atoms with van der Waals surface area (Å²) in [6.45, 7) is 2.57. The van der Waals surface area contributed by atoms with Crippen molar-refractivity contribution in [1.29, 1.82) is 0 Å². The predicted molar refractivity (Wildman–Crippen MR) is 71.0 cm³/mol. The highest BCUT2D eigenvalue weighted by molar-refractivity contribution is 5.47. The molecule has 6 nitrogen and oxygen atoms in total. The Morgan fingerprint density at radius 2 is 2.17 bits per heavy atom. The minimum absolute atomic E-state index is 0.377. The van der Waals surface area contributed by atoms with Gasteiger partial charge in [0.2, 0.25) is 0 Å². The zero-order valence-electron chi connectivity index (χ0n) is 10.9. The van der Waals surface area contributed by atoms with E-state index in [1.165, 1.54) is 19.3 Å². The molecular weight excluding hydrogens is 230 g/mol. The van der Waals surface area contributed by atoms with Gasteiger partial charge in [-0.25, -0.2) is 15.8 Å². The summed E-state index contributed by atoms with van der Waals surface area (Å²) < 4.78 is 5.05. The summed E-state index contributed by atoms with van der Waals surface area (Å²) in [4.78, 5) is 8.62. The Labute approximate surface area is 107 Å². The Hall–Kier alpha value is -1.40. The third kappa shape index (κ3) is 3.08. The Balaban J connectivity index is 2.07. The van der Waals surface area contributed by atoms with Gasteiger partial charge < -0.3 is 15.5 Å². The summed E-state index contributed by atoms with van der Waals surface area (Å²) in [5.41, 5.74) is 2.55. The molecule has 100 valence electrons. The van der Waals surface area contributed by atoms with Crippen molar-refractivity contribution in [3.05, 3.63) is 11.9 Å². The molecule has 1 saturated carbocycles. The molecule has 2 rings (SSSR count). The van der Waals surface area contributed by atoms with Gasteiger partial charge in [0.15, 0.2) is 5.82 Å². The molecule has 0 bridgehead atoms. The molecule has 1 aromatic rings. The van der Waals surface area contributed by atoms with Crippen molar-refractivity contribution in [3.8, 4) is 0 Å². The number of anilines is 2. The van der Waals surface area contributed by atoms with Crippen molar-refractivity contribution in [3.63, 3.8) is 0 Å². The number of hydrogen-bond acceptors (Lipinski definition) is 6. The standard InChI is InChI=1S/C12H21N5O/c1-8(9-4-3-5-9)14-10-6-11(17-13)16-12(15-10)7-18-2/h6,8-9H,3-5,7,13H2,1-2H3,(H2,14,15,16,17). The first-order valence-electron chi connectivity index (χ1n) is 6.33. The normalized spacial score (nSPS) is 17.1. The number of nitrogen functional groups attached to an aromatic ring is 1. The van der Waals surface area contributed by atoms with Gasteiger partial charge in [0.1, 0.15) is 18.2 Å². The van der Waals surface area contributed by atoms with Crippen LogP contribution in [0.5, 0.6) is 0 Å². The summed E-state index contributed by atoms with van der Waals surface area (Å²) in [5.74, 6) is 8.17. The van der Waals surface area contributed by atoms with Crippen molar-refractivity contribution in [2.24, 2.45) is 11.8 Å². The molecule has 0 aromatic carbocycles. The van der Waals surface area contributed by atoms with Crippen LogP contribution in [0.2, 0.25) is 0 Å². The molecule has 4 N–H and O–H groups in total. The van der Waals surface area contributed by atoms with Gasteiger partial charge in [-0.1, -0.05) is 6.42 Å². The van der Waals surface area contributed by atoms with E-state index in [4.69, 9.17) is 10.6 Å². The molecule has 1 aliphatic rings. The lowest BCUT2D eigenvalue weighted by atomic mass is 9.80. The molecule has 1 aromatic heterocycles. The van der Waals surface area contributed by atoms with E-state index < -0.39 is 0 Å². The van der Waals surface area contributed by atoms with Crippen LogP contribution in [0.15, 0.2) is 6.07 Å². The van der Waals surface area contributed by atoms with Gasteiger partial charge in [0, 0.05) is 19.2 Å². The van der Waals surface area contributed by atoms with Crippen molar-refractivity contribution < 1.29 is 4.74 Å². The number of ether oxygens (including phenoxy) is 1. The average molecular weight is 251 g/mol. The highest BCUT2D eigenvalue weighted by Crippen LogP contribution is 2.30. The fourth-order valence-corrected chi connectivity index (χ4v) is 2.13. The summed E-state index contributed by atoms with van der Waals surface area (Å²) in [5, 5.41) is 3.42. The Bertz CT molecular complexity index is 394. The summed E-state index contributed by atoms with van der Waals surface area (Å²) in [6.07, 6.45) is 3.93. The van der Waals surface area contributed by atoms with Crippen LogP contribution in [0, 0.1) is 5.92 Å². The number of methoxy groups -OCH3 is 1. The SMILES string of the molecule is COCc1nc(NN)cc(NC(C)C2CCC2)n1. The zero-order valence-corrected chi connectivity index (χ0v) is 10.9. The molecule has 1 aliphatic carbocycles. The van der Waals surface area contributed by atoms with E-state index in [0.717, 1.165) is 11.7 Å². The fourth-order valence-electron chi connectivity index (χ4n) is 2.13. The van der Waals surface area contributed by atoms with E-state index in [-0.39, 0.29) is 0 Å². The van der Waals surface area contributed by atoms with E-state index in [1.54, 1.807) is 7.11 Å². The van der Waals surface area contributed by atoms with Crippen molar-refractivity contribution >= 4 is 11.6 Å². The number of aromatic nitrogens is 2. The quantitative estimate of drug-likeness (QED) is 0.525. The van der Waals surface area contributed by atoms with Crippen molar-refractivity contribution in [1.82, 2.24) is 9.97 Å². The van der Waals surface area contributed by atoms with Crippen molar-refractivity contribution in [2.45, 2.75) is 38.8 Å². The lowest BCUT2D eigenvalue weighted by Crippen LogP contribution is -2.31. The summed E-state index contributed by atoms with van der Waals surface area (Å²) in [6, 6.07) is 2.24. The number of rotatable bonds is 6. The van der Waals surface area contributed by atoms with E-state index in [2.05, 4.69) is 27.6 Å². The minimum Gasteiger partial charge on any atom is -0.377 e. The molecule has 0 radical (unpaired) electrons. The van der Waals surface area contributed by atoms with Crippen LogP contribution in [0.3, 0.4) is 0 Å². The topological polar surface area (TPSA) is 85.1 Å². The van der Waals surface area contributed by atoms with Gasteiger partial charge in [0.05, 0.1) is 0 Å². The van der Waals surface area contributed by atoms with E-state index in [1.807, 2.05) is 6.07 Å². The van der Waals surface area contributed by atoms with Gasteiger partial charge in [0.25, 0.3) is 0 Å². The van der Waals surface area contributed by atoms with Crippen LogP contribution in [0.25, 0.3) is 0 Å². The van der Waals surface area contributed by atoms with Crippen LogP contribution in [0.4, 0.5) is 11.6 Å². The molecule has 0 spiro atoms. The molecular formula is C12H21N5O. The number of hydrazine groups is 1. The second-order valence-corrected chi connectivity index (χ2v) is 4.76. The monoisotopic (exact) mass is 251 g/mol. The first-order chi connectivity index (χ1) is 8.72. The average Bonchev–Trinajstić information content (AvgIpc) is 2.26. The number of nitrogens with two attached hydrogens (primary N) is 1. The van der Waals surface area contributed by atoms with Gasteiger partial charge in [-0.15, -0.1) is 0 Å². The number of hydrogen-bond donors (Lipinski definition) is 3. The largest absolute Gasteiger partial charge is 0.377 e. The molecule has 0 aliphatic heterocycles. The summed E-state index contributed by atoms with van der Waals surface area (Å²) >= 11 is 0. The molecule has 1 fully saturated rings. The third-order valence-corrected chi connectivity index (χ3v) is 3.43. The first-order valence-corrected chi connectivity index (χ1v) is 6.33. The highest BCUT2D eigenvalue weighted by Gasteiger charge is 2.24. The van der Waals surface area contributed by atoms with Crippen LogP contribution in [-0.2, 0) is 11.3 Å². The zero-order chi connectivity index (χ0) is 13.0. The highest BCUT2D eigenvalue weighted by atomic mass is 16.5. The third-order valence-electron chi connectivity index (χ3n) is 3.43. The number of nitrogens with one attached hydrogen (secondary N) is 2. The molecule has 0 saturated heterocycles. The number of nitrogens with zero attached hydrogens (tertiary/aromatic N) is 2. The molecule has 6 heteroatoms. The van der Waals surface area contributed by atoms with Crippen LogP contribution >= 0.6 is 0 Å². The molecule has 1 atom stereocenters. The maximum absolute atomic E-state index is 5.40. The Kier molecular flexibility index (Phi) is 4.33. The summed E-state index contributed by atoms with van der Waals surface area (Å²) in [7, 11) is 1.62. The maximum atomic E-state index is 5.40. The second-order valence-electron chi connectivity index (χ2n) is 4.76. The predicted octanol–water partition coefficient (Wildman–Crippen LogP) is 1.51. The van der Waals surface area contributed by atoms with E-state index in [9.17, 15) is 0 Å². The Morgan fingerprint density at radius 1 is 1.44 bits per heavy atom. The molecule has 0 amide bonds. The fraction of sp³-hybridized carbons (Fsp3) is 0.667. The van der Waals surface area contributed by atoms with Gasteiger partial charge >= 0.3 is 0 Å². The molecule has 18 heavy (non-hydrogen) atoms. The molecule has 1 heterocycles. The Morgan fingerprint density at radius 3 is 2.72 bits per heavy atom.